The van der Waals surface area contributed by atoms with Crippen LogP contribution in [-0.2, 0) is 10.8 Å². The van der Waals surface area contributed by atoms with Gasteiger partial charge in [0.15, 0.2) is 0 Å². The van der Waals surface area contributed by atoms with Crippen LogP contribution in [-0.4, -0.2) is 4.98 Å². The Morgan fingerprint density at radius 1 is 0.595 bits per heavy atom. The molecule has 0 fully saturated rings. The van der Waals surface area contributed by atoms with Crippen LogP contribution in [0.1, 0.15) is 62.3 Å². The van der Waals surface area contributed by atoms with E-state index in [0.29, 0.717) is 11.3 Å². The maximum Gasteiger partial charge on any atom is 0.144 e. The van der Waals surface area contributed by atoms with E-state index < -0.39 is 6.85 Å². The van der Waals surface area contributed by atoms with Gasteiger partial charge in [-0.1, -0.05) is 108 Å². The highest BCUT2D eigenvalue weighted by Crippen LogP contribution is 2.42. The fourth-order valence-corrected chi connectivity index (χ4v) is 6.24. The molecule has 2 heteroatoms. The van der Waals surface area contributed by atoms with Crippen LogP contribution in [0.2, 0.25) is 0 Å². The van der Waals surface area contributed by atoms with Gasteiger partial charge in [0.05, 0.1) is 5.69 Å². The van der Waals surface area contributed by atoms with Gasteiger partial charge in [-0.15, -0.1) is 0 Å². The Morgan fingerprint density at radius 2 is 1.31 bits per heavy atom. The fourth-order valence-electron chi connectivity index (χ4n) is 6.24. The number of para-hydroxylation sites is 1. The fraction of sp³-hybridized carbons (Fsp3) is 0.225. The van der Waals surface area contributed by atoms with Crippen LogP contribution in [0.3, 0.4) is 0 Å². The maximum atomic E-state index is 8.42. The third kappa shape index (κ3) is 4.20. The van der Waals surface area contributed by atoms with Gasteiger partial charge >= 0.3 is 0 Å². The van der Waals surface area contributed by atoms with Gasteiger partial charge in [-0.25, -0.2) is 0 Å². The number of fused-ring (bicyclic) bond motifs is 7. The van der Waals surface area contributed by atoms with E-state index >= 15 is 0 Å². The summed E-state index contributed by atoms with van der Waals surface area (Å²) < 4.78 is 32.0. The highest BCUT2D eigenvalue weighted by molar-refractivity contribution is 6.21. The van der Waals surface area contributed by atoms with Crippen LogP contribution in [0.4, 0.5) is 0 Å². The van der Waals surface area contributed by atoms with Crippen molar-refractivity contribution in [1.29, 1.82) is 0 Å². The topological polar surface area (TPSA) is 26.0 Å². The van der Waals surface area contributed by atoms with E-state index in [4.69, 9.17) is 13.5 Å². The van der Waals surface area contributed by atoms with Gasteiger partial charge in [-0.3, -0.25) is 4.98 Å². The molecule has 2 aromatic heterocycles. The molecule has 0 saturated carbocycles. The molecule has 42 heavy (non-hydrogen) atoms. The van der Waals surface area contributed by atoms with Gasteiger partial charge in [0.25, 0.3) is 0 Å². The molecule has 0 amide bonds. The zero-order valence-electron chi connectivity index (χ0n) is 28.1. The summed E-state index contributed by atoms with van der Waals surface area (Å²) in [7, 11) is 0. The Balaban J connectivity index is 1.48. The van der Waals surface area contributed by atoms with Gasteiger partial charge in [-0.2, -0.15) is 0 Å². The number of aromatic nitrogens is 1. The zero-order valence-corrected chi connectivity index (χ0v) is 25.1. The van der Waals surface area contributed by atoms with Crippen molar-refractivity contribution in [2.75, 3.05) is 0 Å². The van der Waals surface area contributed by atoms with Gasteiger partial charge < -0.3 is 4.42 Å². The van der Waals surface area contributed by atoms with Crippen molar-refractivity contribution in [3.05, 3.63) is 114 Å². The van der Waals surface area contributed by atoms with E-state index in [1.54, 1.807) is 0 Å². The minimum Gasteiger partial charge on any atom is -0.455 e. The maximum absolute atomic E-state index is 8.42. The number of furan rings is 1. The van der Waals surface area contributed by atoms with Crippen LogP contribution in [0.25, 0.3) is 65.9 Å². The summed E-state index contributed by atoms with van der Waals surface area (Å²) in [5.41, 5.74) is 7.01. The minimum absolute atomic E-state index is 0.0395. The van der Waals surface area contributed by atoms with Crippen molar-refractivity contribution in [2.24, 2.45) is 0 Å². The summed E-state index contributed by atoms with van der Waals surface area (Å²) in [6, 6.07) is 31.5. The van der Waals surface area contributed by atoms with E-state index in [1.807, 2.05) is 18.2 Å². The van der Waals surface area contributed by atoms with E-state index in [0.717, 1.165) is 49.4 Å². The summed E-state index contributed by atoms with van der Waals surface area (Å²) in [5.74, 6) is 0. The molecular weight excluding hydrogens is 510 g/mol. The molecule has 5 aromatic carbocycles. The standard InChI is InChI=1S/C40H37NO/c1-24-23-41-36(22-34(24)29-18-16-26(39(2,3)4)21-35(29)40(5,6)7)33-14-10-13-30-32-20-19-28-27-12-9-8-11-25(27)15-17-31(28)37(32)42-38(30)33/h8-23H,1-7H3/i1D3. The van der Waals surface area contributed by atoms with Crippen LogP contribution in [0, 0.1) is 6.85 Å². The molecular formula is C40H37NO. The Bertz CT molecular complexity index is 2280. The first-order valence-corrected chi connectivity index (χ1v) is 14.6. The summed E-state index contributed by atoms with van der Waals surface area (Å²) in [4.78, 5) is 4.75. The van der Waals surface area contributed by atoms with Crippen LogP contribution in [0.15, 0.2) is 102 Å². The first-order valence-electron chi connectivity index (χ1n) is 16.1. The number of aryl methyl sites for hydroxylation is 1. The highest BCUT2D eigenvalue weighted by atomic mass is 16.3. The van der Waals surface area contributed by atoms with Crippen molar-refractivity contribution in [3.8, 4) is 22.4 Å². The third-order valence-electron chi connectivity index (χ3n) is 8.55. The van der Waals surface area contributed by atoms with Gasteiger partial charge in [-0.05, 0) is 85.9 Å². The molecule has 2 nitrogen and oxygen atoms in total. The molecule has 208 valence electrons. The molecule has 0 unspecified atom stereocenters. The molecule has 0 aliphatic heterocycles. The summed E-state index contributed by atoms with van der Waals surface area (Å²) in [6.07, 6.45) is 1.53. The Morgan fingerprint density at radius 3 is 2.10 bits per heavy atom. The van der Waals surface area contributed by atoms with Gasteiger partial charge in [0.1, 0.15) is 11.2 Å². The van der Waals surface area contributed by atoms with E-state index in [-0.39, 0.29) is 16.4 Å². The number of benzene rings is 5. The molecule has 0 N–H and O–H groups in total. The van der Waals surface area contributed by atoms with Crippen LogP contribution < -0.4 is 0 Å². The van der Waals surface area contributed by atoms with Crippen molar-refractivity contribution in [2.45, 2.75) is 59.2 Å². The quantitative estimate of drug-likeness (QED) is 0.200. The molecule has 0 aliphatic rings. The van der Waals surface area contributed by atoms with Crippen molar-refractivity contribution in [3.63, 3.8) is 0 Å². The lowest BCUT2D eigenvalue weighted by atomic mass is 9.77. The lowest BCUT2D eigenvalue weighted by Crippen LogP contribution is -2.17. The smallest absolute Gasteiger partial charge is 0.144 e. The first kappa shape index (κ1) is 23.2. The molecule has 2 heterocycles. The van der Waals surface area contributed by atoms with Gasteiger partial charge in [0.2, 0.25) is 0 Å². The summed E-state index contributed by atoms with van der Waals surface area (Å²) in [5, 5.41) is 6.65. The number of pyridine rings is 1. The average Bonchev–Trinajstić information content (AvgIpc) is 3.38. The molecule has 0 spiro atoms. The average molecular weight is 551 g/mol. The number of hydrogen-bond donors (Lipinski definition) is 0. The monoisotopic (exact) mass is 550 g/mol. The summed E-state index contributed by atoms with van der Waals surface area (Å²) >= 11 is 0. The number of hydrogen-bond acceptors (Lipinski definition) is 2. The van der Waals surface area contributed by atoms with Crippen molar-refractivity contribution in [1.82, 2.24) is 4.98 Å². The third-order valence-corrected chi connectivity index (χ3v) is 8.55. The number of nitrogens with zero attached hydrogens (tertiary/aromatic N) is 1. The van der Waals surface area contributed by atoms with Crippen molar-refractivity contribution >= 4 is 43.5 Å². The second-order valence-corrected chi connectivity index (χ2v) is 13.5. The SMILES string of the molecule is [2H]C([2H])([2H])c1cnc(-c2cccc3c2oc2c3ccc3c4ccccc4ccc32)cc1-c1ccc(C(C)(C)C)cc1C(C)(C)C. The molecule has 0 radical (unpaired) electrons. The molecule has 7 aromatic rings. The van der Waals surface area contributed by atoms with Crippen LogP contribution in [0.5, 0.6) is 0 Å². The molecule has 0 atom stereocenters. The predicted octanol–water partition coefficient (Wildman–Crippen LogP) is 11.5. The second kappa shape index (κ2) is 9.29. The highest BCUT2D eigenvalue weighted by Gasteiger charge is 2.24. The van der Waals surface area contributed by atoms with Crippen LogP contribution >= 0.6 is 0 Å². The van der Waals surface area contributed by atoms with E-state index in [1.165, 1.54) is 22.5 Å². The lowest BCUT2D eigenvalue weighted by Gasteiger charge is -2.28. The van der Waals surface area contributed by atoms with E-state index in [2.05, 4.69) is 114 Å². The molecule has 0 saturated heterocycles. The number of rotatable bonds is 2. The minimum atomic E-state index is -2.33. The lowest BCUT2D eigenvalue weighted by molar-refractivity contribution is 0.570. The summed E-state index contributed by atoms with van der Waals surface area (Å²) in [6.45, 7) is 10.8. The first-order chi connectivity index (χ1) is 21.2. The molecule has 7 rings (SSSR count). The molecule has 0 aliphatic carbocycles. The Hall–Kier alpha value is -4.43. The zero-order chi connectivity index (χ0) is 31.9. The Kier molecular flexibility index (Phi) is 5.12. The van der Waals surface area contributed by atoms with E-state index in [9.17, 15) is 0 Å². The second-order valence-electron chi connectivity index (χ2n) is 13.5. The Labute approximate surface area is 252 Å². The largest absolute Gasteiger partial charge is 0.455 e. The normalized spacial score (nSPS) is 14.0. The molecule has 0 bridgehead atoms. The van der Waals surface area contributed by atoms with Gasteiger partial charge in [0, 0.05) is 32.0 Å². The predicted molar refractivity (Wildman–Crippen MR) is 180 cm³/mol. The van der Waals surface area contributed by atoms with Crippen molar-refractivity contribution < 1.29 is 8.53 Å².